The molecule has 1 aliphatic rings. The van der Waals surface area contributed by atoms with Crippen LogP contribution in [-0.4, -0.2) is 41.3 Å². The Morgan fingerprint density at radius 3 is 2.67 bits per heavy atom. The molecule has 1 aromatic rings. The van der Waals surface area contributed by atoms with Gasteiger partial charge in [0, 0.05) is 12.5 Å². The van der Waals surface area contributed by atoms with E-state index in [1.807, 2.05) is 6.92 Å². The molecule has 0 radical (unpaired) electrons. The van der Waals surface area contributed by atoms with Crippen molar-refractivity contribution in [1.29, 1.82) is 0 Å². The van der Waals surface area contributed by atoms with Crippen molar-refractivity contribution in [3.8, 4) is 0 Å². The van der Waals surface area contributed by atoms with E-state index in [1.54, 1.807) is 6.92 Å². The van der Waals surface area contributed by atoms with Crippen molar-refractivity contribution in [2.45, 2.75) is 37.6 Å². The molecule has 1 heterocycles. The number of amides is 1. The number of aryl methyl sites for hydroxylation is 1. The van der Waals surface area contributed by atoms with E-state index >= 15 is 0 Å². The molecule has 0 spiro atoms. The number of carbonyl (C=O) groups is 2. The van der Waals surface area contributed by atoms with Crippen molar-refractivity contribution in [2.75, 3.05) is 19.4 Å². The molecule has 0 bridgehead atoms. The Labute approximate surface area is 128 Å². The first kappa shape index (κ1) is 15.8. The van der Waals surface area contributed by atoms with Gasteiger partial charge in [0.15, 0.2) is 0 Å². The maximum absolute atomic E-state index is 11.9. The minimum absolute atomic E-state index is 0.0810. The minimum Gasteiger partial charge on any atom is -0.465 e. The molecule has 6 nitrogen and oxygen atoms in total. The quantitative estimate of drug-likeness (QED) is 0.489. The lowest BCUT2D eigenvalue weighted by Crippen LogP contribution is -2.24. The second-order valence-corrected chi connectivity index (χ2v) is 5.82. The fourth-order valence-corrected chi connectivity index (χ4v) is 2.82. The molecule has 1 saturated carbocycles. The van der Waals surface area contributed by atoms with Crippen molar-refractivity contribution >= 4 is 23.6 Å². The topological polar surface area (TPSA) is 81.2 Å². The Hall–Kier alpha value is -1.63. The van der Waals surface area contributed by atoms with Crippen LogP contribution in [0.4, 0.5) is 0 Å². The zero-order valence-corrected chi connectivity index (χ0v) is 13.2. The largest absolute Gasteiger partial charge is 0.465 e. The molecular weight excluding hydrogens is 290 g/mol. The summed E-state index contributed by atoms with van der Waals surface area (Å²) in [5.74, 6) is 0.826. The molecule has 0 saturated heterocycles. The third-order valence-electron chi connectivity index (χ3n) is 3.12. The van der Waals surface area contributed by atoms with Gasteiger partial charge in [0.25, 0.3) is 0 Å². The van der Waals surface area contributed by atoms with Gasteiger partial charge in [-0.25, -0.2) is 14.8 Å². The minimum atomic E-state index is -0.465. The number of carbonyl (C=O) groups excluding carboxylic acids is 2. The molecule has 1 aromatic heterocycles. The number of thioether (sulfide) groups is 1. The number of rotatable bonds is 6. The molecule has 0 atom stereocenters. The van der Waals surface area contributed by atoms with E-state index in [-0.39, 0.29) is 11.7 Å². The van der Waals surface area contributed by atoms with Crippen LogP contribution in [0.5, 0.6) is 0 Å². The van der Waals surface area contributed by atoms with Gasteiger partial charge in [0.05, 0.1) is 18.6 Å². The molecule has 1 amide bonds. The van der Waals surface area contributed by atoms with Gasteiger partial charge >= 0.3 is 5.97 Å². The van der Waals surface area contributed by atoms with Crippen molar-refractivity contribution in [1.82, 2.24) is 15.3 Å². The Morgan fingerprint density at radius 2 is 2.10 bits per heavy atom. The van der Waals surface area contributed by atoms with Gasteiger partial charge in [-0.3, -0.25) is 4.79 Å². The highest BCUT2D eigenvalue weighted by molar-refractivity contribution is 8.00. The monoisotopic (exact) mass is 309 g/mol. The first-order valence-electron chi connectivity index (χ1n) is 6.93. The summed E-state index contributed by atoms with van der Waals surface area (Å²) < 4.78 is 4.80. The van der Waals surface area contributed by atoms with Crippen LogP contribution in [0.1, 0.15) is 47.6 Å². The van der Waals surface area contributed by atoms with Gasteiger partial charge < -0.3 is 10.1 Å². The maximum atomic E-state index is 11.9. The van der Waals surface area contributed by atoms with E-state index in [1.165, 1.54) is 18.9 Å². The smallest absolute Gasteiger partial charge is 0.342 e. The standard InChI is InChI=1S/C14H19N3O3S/c1-4-15-10(18)7-21-13-11(14(19)20-3)8(2)16-12(17-13)9-5-6-9/h9H,4-7H2,1-3H3,(H,15,18). The van der Waals surface area contributed by atoms with Gasteiger partial charge in [0.2, 0.25) is 5.91 Å². The highest BCUT2D eigenvalue weighted by atomic mass is 32.2. The van der Waals surface area contributed by atoms with Crippen LogP contribution >= 0.6 is 11.8 Å². The summed E-state index contributed by atoms with van der Waals surface area (Å²) in [6.07, 6.45) is 2.16. The molecule has 1 N–H and O–H groups in total. The third-order valence-corrected chi connectivity index (χ3v) is 4.10. The molecule has 21 heavy (non-hydrogen) atoms. The molecule has 7 heteroatoms. The zero-order chi connectivity index (χ0) is 15.4. The zero-order valence-electron chi connectivity index (χ0n) is 12.4. The SMILES string of the molecule is CCNC(=O)CSc1nc(C2CC2)nc(C)c1C(=O)OC. The molecule has 0 aliphatic heterocycles. The van der Waals surface area contributed by atoms with E-state index in [2.05, 4.69) is 15.3 Å². The Morgan fingerprint density at radius 1 is 1.38 bits per heavy atom. The number of nitrogens with one attached hydrogen (secondary N) is 1. The van der Waals surface area contributed by atoms with E-state index in [0.717, 1.165) is 18.7 Å². The van der Waals surface area contributed by atoms with Crippen molar-refractivity contribution in [2.24, 2.45) is 0 Å². The van der Waals surface area contributed by atoms with Gasteiger partial charge in [0.1, 0.15) is 16.4 Å². The Kier molecular flexibility index (Phi) is 5.17. The van der Waals surface area contributed by atoms with Crippen LogP contribution < -0.4 is 5.32 Å². The predicted molar refractivity (Wildman–Crippen MR) is 79.5 cm³/mol. The molecule has 1 aliphatic carbocycles. The van der Waals surface area contributed by atoms with E-state index in [4.69, 9.17) is 4.74 Å². The van der Waals surface area contributed by atoms with Crippen LogP contribution in [0, 0.1) is 6.92 Å². The summed E-state index contributed by atoms with van der Waals surface area (Å²) in [4.78, 5) is 32.4. The third kappa shape index (κ3) is 3.93. The molecule has 2 rings (SSSR count). The first-order chi connectivity index (χ1) is 10.1. The van der Waals surface area contributed by atoms with Gasteiger partial charge in [-0.1, -0.05) is 11.8 Å². The van der Waals surface area contributed by atoms with E-state index < -0.39 is 5.97 Å². The van der Waals surface area contributed by atoms with Gasteiger partial charge in [-0.05, 0) is 26.7 Å². The summed E-state index contributed by atoms with van der Waals surface area (Å²) in [6, 6.07) is 0. The lowest BCUT2D eigenvalue weighted by molar-refractivity contribution is -0.118. The van der Waals surface area contributed by atoms with Crippen LogP contribution in [0.15, 0.2) is 5.03 Å². The number of esters is 1. The summed E-state index contributed by atoms with van der Waals surface area (Å²) in [7, 11) is 1.33. The number of ether oxygens (including phenoxy) is 1. The van der Waals surface area contributed by atoms with Crippen molar-refractivity contribution < 1.29 is 14.3 Å². The molecule has 114 valence electrons. The highest BCUT2D eigenvalue weighted by Crippen LogP contribution is 2.39. The van der Waals surface area contributed by atoms with Gasteiger partial charge in [-0.15, -0.1) is 0 Å². The summed E-state index contributed by atoms with van der Waals surface area (Å²) in [5.41, 5.74) is 0.966. The molecule has 0 aromatic carbocycles. The lowest BCUT2D eigenvalue weighted by atomic mass is 10.2. The molecule has 1 fully saturated rings. The number of methoxy groups -OCH3 is 1. The summed E-state index contributed by atoms with van der Waals surface area (Å²) in [6.45, 7) is 4.22. The summed E-state index contributed by atoms with van der Waals surface area (Å²) >= 11 is 1.25. The number of hydrogen-bond acceptors (Lipinski definition) is 6. The Balaban J connectivity index is 2.26. The normalized spacial score (nSPS) is 13.9. The second kappa shape index (κ2) is 6.89. The van der Waals surface area contributed by atoms with Crippen LogP contribution in [-0.2, 0) is 9.53 Å². The summed E-state index contributed by atoms with van der Waals surface area (Å²) in [5, 5.41) is 3.25. The predicted octanol–water partition coefficient (Wildman–Crippen LogP) is 1.68. The number of aromatic nitrogens is 2. The molecule has 0 unspecified atom stereocenters. The van der Waals surface area contributed by atoms with Gasteiger partial charge in [-0.2, -0.15) is 0 Å². The Bertz CT molecular complexity index is 559. The second-order valence-electron chi connectivity index (χ2n) is 4.86. The van der Waals surface area contributed by atoms with Crippen LogP contribution in [0.3, 0.4) is 0 Å². The fraction of sp³-hybridized carbons (Fsp3) is 0.571. The van der Waals surface area contributed by atoms with Crippen LogP contribution in [0.25, 0.3) is 0 Å². The first-order valence-corrected chi connectivity index (χ1v) is 7.91. The fourth-order valence-electron chi connectivity index (χ4n) is 1.92. The van der Waals surface area contributed by atoms with Crippen LogP contribution in [0.2, 0.25) is 0 Å². The average Bonchev–Trinajstić information content (AvgIpc) is 3.28. The van der Waals surface area contributed by atoms with Crippen molar-refractivity contribution in [3.05, 3.63) is 17.1 Å². The van der Waals surface area contributed by atoms with Crippen molar-refractivity contribution in [3.63, 3.8) is 0 Å². The lowest BCUT2D eigenvalue weighted by Gasteiger charge is -2.11. The maximum Gasteiger partial charge on any atom is 0.342 e. The number of nitrogens with zero attached hydrogens (tertiary/aromatic N) is 2. The van der Waals surface area contributed by atoms with E-state index in [9.17, 15) is 9.59 Å². The molecular formula is C14H19N3O3S. The van der Waals surface area contributed by atoms with E-state index in [0.29, 0.717) is 28.7 Å². The highest BCUT2D eigenvalue weighted by Gasteiger charge is 2.29. The average molecular weight is 309 g/mol. The number of hydrogen-bond donors (Lipinski definition) is 1.